The van der Waals surface area contributed by atoms with Gasteiger partial charge in [0.15, 0.2) is 11.6 Å². The number of phenols is 1. The van der Waals surface area contributed by atoms with Crippen LogP contribution in [0.4, 0.5) is 30.7 Å². The summed E-state index contributed by atoms with van der Waals surface area (Å²) in [5.74, 6) is -2.67. The molecule has 3 aromatic carbocycles. The highest BCUT2D eigenvalue weighted by Gasteiger charge is 2.36. The Balaban J connectivity index is 1.89. The SMILES string of the molecule is Oc1c(-c2cc(C(F)(F)F)[nH]n2)cc(F)c(OCc2ccc(Cl)cc2)c1-c1ccc(Cl)c(C(F)(F)F)c1. The summed E-state index contributed by atoms with van der Waals surface area (Å²) in [6.45, 7) is -0.278. The zero-order valence-corrected chi connectivity index (χ0v) is 19.6. The summed E-state index contributed by atoms with van der Waals surface area (Å²) in [7, 11) is 0. The lowest BCUT2D eigenvalue weighted by atomic mass is 9.96. The van der Waals surface area contributed by atoms with Crippen LogP contribution in [0.1, 0.15) is 16.8 Å². The Morgan fingerprint density at radius 1 is 0.892 bits per heavy atom. The number of benzene rings is 3. The highest BCUT2D eigenvalue weighted by Crippen LogP contribution is 2.48. The lowest BCUT2D eigenvalue weighted by Gasteiger charge is -2.18. The van der Waals surface area contributed by atoms with Gasteiger partial charge in [0.2, 0.25) is 0 Å². The average Bonchev–Trinajstić information content (AvgIpc) is 3.31. The summed E-state index contributed by atoms with van der Waals surface area (Å²) in [4.78, 5) is 0. The van der Waals surface area contributed by atoms with E-state index < -0.39 is 62.8 Å². The molecule has 1 aromatic heterocycles. The van der Waals surface area contributed by atoms with Gasteiger partial charge >= 0.3 is 12.4 Å². The quantitative estimate of drug-likeness (QED) is 0.239. The minimum Gasteiger partial charge on any atom is -0.506 e. The number of nitrogens with one attached hydrogen (secondary N) is 1. The van der Waals surface area contributed by atoms with Crippen LogP contribution in [0.15, 0.2) is 54.6 Å². The summed E-state index contributed by atoms with van der Waals surface area (Å²) >= 11 is 11.5. The van der Waals surface area contributed by atoms with Gasteiger partial charge in [-0.2, -0.15) is 31.4 Å². The Morgan fingerprint density at radius 3 is 2.16 bits per heavy atom. The molecule has 0 radical (unpaired) electrons. The van der Waals surface area contributed by atoms with Crippen molar-refractivity contribution in [2.75, 3.05) is 0 Å². The van der Waals surface area contributed by atoms with Crippen molar-refractivity contribution in [3.63, 3.8) is 0 Å². The highest BCUT2D eigenvalue weighted by atomic mass is 35.5. The van der Waals surface area contributed by atoms with E-state index in [2.05, 4.69) is 5.10 Å². The molecule has 37 heavy (non-hydrogen) atoms. The van der Waals surface area contributed by atoms with Crippen molar-refractivity contribution >= 4 is 23.2 Å². The van der Waals surface area contributed by atoms with Crippen molar-refractivity contribution in [2.24, 2.45) is 0 Å². The fraction of sp³-hybridized carbons (Fsp3) is 0.125. The molecule has 0 unspecified atom stereocenters. The first kappa shape index (κ1) is 26.6. The molecule has 1 heterocycles. The van der Waals surface area contributed by atoms with Gasteiger partial charge < -0.3 is 9.84 Å². The van der Waals surface area contributed by atoms with E-state index >= 15 is 4.39 Å². The number of phenolic OH excluding ortho intramolecular Hbond substituents is 1. The van der Waals surface area contributed by atoms with Crippen molar-refractivity contribution in [3.8, 4) is 33.9 Å². The molecule has 4 rings (SSSR count). The number of H-pyrrole nitrogens is 1. The van der Waals surface area contributed by atoms with Crippen LogP contribution in [-0.2, 0) is 19.0 Å². The number of hydrogen-bond acceptors (Lipinski definition) is 3. The molecule has 0 amide bonds. The zero-order valence-electron chi connectivity index (χ0n) is 18.1. The third-order valence-corrected chi connectivity index (χ3v) is 5.80. The van der Waals surface area contributed by atoms with E-state index in [4.69, 9.17) is 27.9 Å². The van der Waals surface area contributed by atoms with Gasteiger partial charge in [0, 0.05) is 10.6 Å². The van der Waals surface area contributed by atoms with Gasteiger partial charge in [0.1, 0.15) is 18.1 Å². The largest absolute Gasteiger partial charge is 0.506 e. The van der Waals surface area contributed by atoms with Gasteiger partial charge in [0.25, 0.3) is 0 Å². The van der Waals surface area contributed by atoms with Crippen molar-refractivity contribution in [1.29, 1.82) is 0 Å². The minimum absolute atomic E-state index is 0.278. The van der Waals surface area contributed by atoms with Gasteiger partial charge in [-0.1, -0.05) is 41.4 Å². The van der Waals surface area contributed by atoms with Gasteiger partial charge in [0.05, 0.1) is 21.8 Å². The molecule has 0 atom stereocenters. The smallest absolute Gasteiger partial charge is 0.432 e. The summed E-state index contributed by atoms with van der Waals surface area (Å²) < 4.78 is 100. The van der Waals surface area contributed by atoms with Crippen LogP contribution in [0.2, 0.25) is 10.0 Å². The number of hydrogen-bond donors (Lipinski definition) is 2. The molecule has 0 saturated carbocycles. The van der Waals surface area contributed by atoms with Crippen LogP contribution >= 0.6 is 23.2 Å². The lowest BCUT2D eigenvalue weighted by molar-refractivity contribution is -0.141. The second-order valence-electron chi connectivity index (χ2n) is 7.73. The average molecular weight is 565 g/mol. The lowest BCUT2D eigenvalue weighted by Crippen LogP contribution is -2.06. The van der Waals surface area contributed by atoms with E-state index in [1.165, 1.54) is 12.1 Å². The summed E-state index contributed by atoms with van der Waals surface area (Å²) in [6.07, 6.45) is -9.71. The maximum Gasteiger partial charge on any atom is 0.432 e. The molecule has 4 nitrogen and oxygen atoms in total. The number of nitrogens with zero attached hydrogens (tertiary/aromatic N) is 1. The third-order valence-electron chi connectivity index (χ3n) is 5.22. The molecular formula is C24H13Cl2F7N2O2. The van der Waals surface area contributed by atoms with Crippen molar-refractivity contribution in [2.45, 2.75) is 19.0 Å². The first-order valence-corrected chi connectivity index (χ1v) is 10.9. The Bertz CT molecular complexity index is 1450. The summed E-state index contributed by atoms with van der Waals surface area (Å²) in [5.41, 5.74) is -3.96. The topological polar surface area (TPSA) is 58.1 Å². The fourth-order valence-electron chi connectivity index (χ4n) is 3.47. The molecule has 0 bridgehead atoms. The molecule has 194 valence electrons. The molecule has 0 saturated heterocycles. The summed E-state index contributed by atoms with van der Waals surface area (Å²) in [5, 5.41) is 16.0. The first-order valence-electron chi connectivity index (χ1n) is 10.2. The number of alkyl halides is 6. The third kappa shape index (κ3) is 5.62. The standard InChI is InChI=1S/C24H13Cl2F7N2O2/c25-13-4-1-11(2-5-13)10-37-22-17(27)8-14(18-9-19(35-34-18)24(31,32)33)21(36)20(22)12-3-6-16(26)15(7-12)23(28,29)30/h1-9,36H,10H2,(H,34,35). The van der Waals surface area contributed by atoms with E-state index in [0.29, 0.717) is 28.8 Å². The first-order chi connectivity index (χ1) is 17.3. The number of rotatable bonds is 5. The van der Waals surface area contributed by atoms with Gasteiger partial charge in [-0.15, -0.1) is 0 Å². The van der Waals surface area contributed by atoms with Crippen LogP contribution in [-0.4, -0.2) is 15.3 Å². The predicted molar refractivity (Wildman–Crippen MR) is 122 cm³/mol. The monoisotopic (exact) mass is 564 g/mol. The Morgan fingerprint density at radius 2 is 1.57 bits per heavy atom. The number of aromatic nitrogens is 2. The molecule has 4 aromatic rings. The van der Waals surface area contributed by atoms with Crippen LogP contribution in [0, 0.1) is 5.82 Å². The number of aromatic hydroxyl groups is 1. The molecular weight excluding hydrogens is 552 g/mol. The number of aromatic amines is 1. The maximum absolute atomic E-state index is 15.3. The van der Waals surface area contributed by atoms with E-state index in [-0.39, 0.29) is 12.2 Å². The maximum atomic E-state index is 15.3. The van der Waals surface area contributed by atoms with Gasteiger partial charge in [-0.05, 0) is 47.5 Å². The highest BCUT2D eigenvalue weighted by molar-refractivity contribution is 6.31. The van der Waals surface area contributed by atoms with E-state index in [1.54, 1.807) is 17.2 Å². The molecule has 0 aliphatic rings. The zero-order chi connectivity index (χ0) is 27.1. The molecule has 0 fully saturated rings. The van der Waals surface area contributed by atoms with Crippen molar-refractivity contribution in [1.82, 2.24) is 10.2 Å². The van der Waals surface area contributed by atoms with Crippen LogP contribution in [0.25, 0.3) is 22.4 Å². The van der Waals surface area contributed by atoms with E-state index in [1.807, 2.05) is 0 Å². The van der Waals surface area contributed by atoms with E-state index in [0.717, 1.165) is 12.1 Å². The molecule has 0 spiro atoms. The molecule has 13 heteroatoms. The van der Waals surface area contributed by atoms with Crippen LogP contribution < -0.4 is 4.74 Å². The fourth-order valence-corrected chi connectivity index (χ4v) is 3.82. The van der Waals surface area contributed by atoms with E-state index in [9.17, 15) is 31.4 Å². The van der Waals surface area contributed by atoms with Gasteiger partial charge in [-0.25, -0.2) is 4.39 Å². The number of halogens is 9. The molecule has 0 aliphatic carbocycles. The Hall–Kier alpha value is -3.44. The minimum atomic E-state index is -4.90. The Labute approximate surface area is 214 Å². The van der Waals surface area contributed by atoms with Crippen LogP contribution in [0.3, 0.4) is 0 Å². The Kier molecular flexibility index (Phi) is 7.04. The molecule has 2 N–H and O–H groups in total. The second-order valence-corrected chi connectivity index (χ2v) is 8.57. The normalized spacial score (nSPS) is 12.1. The second kappa shape index (κ2) is 9.79. The predicted octanol–water partition coefficient (Wildman–Crippen LogP) is 8.51. The van der Waals surface area contributed by atoms with Crippen LogP contribution in [0.5, 0.6) is 11.5 Å². The molecule has 0 aliphatic heterocycles. The number of ether oxygens (including phenoxy) is 1. The van der Waals surface area contributed by atoms with Gasteiger partial charge in [-0.3, -0.25) is 5.10 Å². The van der Waals surface area contributed by atoms with Crippen molar-refractivity contribution < 1.29 is 40.6 Å². The summed E-state index contributed by atoms with van der Waals surface area (Å²) in [6, 6.07) is 9.91. The van der Waals surface area contributed by atoms with Crippen molar-refractivity contribution in [3.05, 3.63) is 87.3 Å².